The van der Waals surface area contributed by atoms with Crippen molar-refractivity contribution in [1.29, 1.82) is 0 Å². The summed E-state index contributed by atoms with van der Waals surface area (Å²) in [5.74, 6) is -0.178. The van der Waals surface area contributed by atoms with E-state index in [9.17, 15) is 13.2 Å². The Hall–Kier alpha value is -1.26. The number of sulfonamides is 1. The van der Waals surface area contributed by atoms with E-state index in [1.54, 1.807) is 29.5 Å². The van der Waals surface area contributed by atoms with Gasteiger partial charge in [-0.3, -0.25) is 9.69 Å². The van der Waals surface area contributed by atoms with Gasteiger partial charge in [-0.1, -0.05) is 6.07 Å². The minimum absolute atomic E-state index is 0.178. The summed E-state index contributed by atoms with van der Waals surface area (Å²) in [6.45, 7) is 2.00. The molecule has 27 heavy (non-hydrogen) atoms. The van der Waals surface area contributed by atoms with Crippen molar-refractivity contribution in [2.24, 2.45) is 0 Å². The van der Waals surface area contributed by atoms with Crippen LogP contribution in [0.4, 0.5) is 5.69 Å². The van der Waals surface area contributed by atoms with Gasteiger partial charge in [0.15, 0.2) is 0 Å². The van der Waals surface area contributed by atoms with Gasteiger partial charge in [0.2, 0.25) is 15.9 Å². The molecule has 1 amide bonds. The number of thiophene rings is 1. The summed E-state index contributed by atoms with van der Waals surface area (Å²) in [6, 6.07) is 8.50. The summed E-state index contributed by atoms with van der Waals surface area (Å²) in [5, 5.41) is 4.84. The van der Waals surface area contributed by atoms with Crippen LogP contribution in [0, 0.1) is 0 Å². The van der Waals surface area contributed by atoms with Crippen molar-refractivity contribution in [2.75, 3.05) is 32.0 Å². The number of rotatable bonds is 7. The van der Waals surface area contributed by atoms with Crippen LogP contribution in [-0.2, 0) is 21.4 Å². The molecule has 1 aliphatic rings. The fraction of sp³-hybridized carbons (Fsp3) is 0.389. The second-order valence-electron chi connectivity index (χ2n) is 6.62. The van der Waals surface area contributed by atoms with Crippen molar-refractivity contribution in [3.8, 4) is 0 Å². The average Bonchev–Trinajstić information content (AvgIpc) is 3.27. The molecule has 0 bridgehead atoms. The Balaban J connectivity index is 1.61. The highest BCUT2D eigenvalue weighted by atomic mass is 79.9. The number of halogens is 1. The highest BCUT2D eigenvalue weighted by molar-refractivity contribution is 9.11. The van der Waals surface area contributed by atoms with Crippen LogP contribution in [0.25, 0.3) is 0 Å². The third kappa shape index (κ3) is 5.39. The lowest BCUT2D eigenvalue weighted by Gasteiger charge is -2.17. The molecule has 146 valence electrons. The van der Waals surface area contributed by atoms with E-state index in [2.05, 4.69) is 21.2 Å². The lowest BCUT2D eigenvalue weighted by Crippen LogP contribution is -2.30. The van der Waals surface area contributed by atoms with Gasteiger partial charge in [0, 0.05) is 25.3 Å². The molecule has 1 N–H and O–H groups in total. The minimum atomic E-state index is -3.49. The zero-order valence-electron chi connectivity index (χ0n) is 15.0. The van der Waals surface area contributed by atoms with Gasteiger partial charge < -0.3 is 5.32 Å². The maximum absolute atomic E-state index is 12.7. The Morgan fingerprint density at radius 3 is 2.70 bits per heavy atom. The van der Waals surface area contributed by atoms with Crippen LogP contribution in [0.15, 0.2) is 44.4 Å². The SMILES string of the molecule is CN(CC(=O)Nc1cccc(S(=O)(=O)N2CCCC2)c1)Cc1csc(Br)c1. The third-order valence-corrected chi connectivity index (χ3v) is 7.76. The Morgan fingerprint density at radius 1 is 1.30 bits per heavy atom. The van der Waals surface area contributed by atoms with Crippen LogP contribution in [-0.4, -0.2) is 50.2 Å². The lowest BCUT2D eigenvalue weighted by atomic mass is 10.3. The summed E-state index contributed by atoms with van der Waals surface area (Å²) >= 11 is 5.04. The fourth-order valence-electron chi connectivity index (χ4n) is 3.05. The van der Waals surface area contributed by atoms with Crippen LogP contribution in [0.5, 0.6) is 0 Å². The normalized spacial score (nSPS) is 15.4. The van der Waals surface area contributed by atoms with Crippen molar-refractivity contribution in [3.05, 3.63) is 45.1 Å². The molecule has 6 nitrogen and oxygen atoms in total. The molecule has 1 aromatic heterocycles. The molecule has 1 fully saturated rings. The molecule has 1 saturated heterocycles. The first-order valence-electron chi connectivity index (χ1n) is 8.66. The second-order valence-corrected chi connectivity index (χ2v) is 10.8. The van der Waals surface area contributed by atoms with Crippen molar-refractivity contribution in [2.45, 2.75) is 24.3 Å². The van der Waals surface area contributed by atoms with Crippen LogP contribution < -0.4 is 5.32 Å². The van der Waals surface area contributed by atoms with Gasteiger partial charge in [-0.05, 0) is 71.0 Å². The molecule has 0 radical (unpaired) electrons. The molecule has 2 aromatic rings. The van der Waals surface area contributed by atoms with Crippen molar-refractivity contribution >= 4 is 48.9 Å². The molecule has 3 rings (SSSR count). The van der Waals surface area contributed by atoms with Crippen LogP contribution in [0.2, 0.25) is 0 Å². The van der Waals surface area contributed by atoms with Gasteiger partial charge in [0.05, 0.1) is 15.2 Å². The third-order valence-electron chi connectivity index (χ3n) is 4.31. The van der Waals surface area contributed by atoms with Crippen molar-refractivity contribution < 1.29 is 13.2 Å². The van der Waals surface area contributed by atoms with Crippen LogP contribution in [0.3, 0.4) is 0 Å². The lowest BCUT2D eigenvalue weighted by molar-refractivity contribution is -0.117. The van der Waals surface area contributed by atoms with Gasteiger partial charge in [-0.2, -0.15) is 4.31 Å². The summed E-state index contributed by atoms with van der Waals surface area (Å²) in [4.78, 5) is 14.4. The number of anilines is 1. The van der Waals surface area contributed by atoms with Gasteiger partial charge >= 0.3 is 0 Å². The minimum Gasteiger partial charge on any atom is -0.325 e. The van der Waals surface area contributed by atoms with Crippen molar-refractivity contribution in [1.82, 2.24) is 9.21 Å². The molecule has 0 aliphatic carbocycles. The number of nitrogens with one attached hydrogen (secondary N) is 1. The molecule has 2 heterocycles. The van der Waals surface area contributed by atoms with Gasteiger partial charge in [0.1, 0.15) is 0 Å². The number of amides is 1. The highest BCUT2D eigenvalue weighted by Crippen LogP contribution is 2.23. The predicted molar refractivity (Wildman–Crippen MR) is 111 cm³/mol. The van der Waals surface area contributed by atoms with Crippen molar-refractivity contribution in [3.63, 3.8) is 0 Å². The number of hydrogen-bond acceptors (Lipinski definition) is 5. The molecule has 0 saturated carbocycles. The molecule has 0 atom stereocenters. The maximum Gasteiger partial charge on any atom is 0.243 e. The Bertz CT molecular complexity index is 908. The van der Waals surface area contributed by atoms with E-state index in [4.69, 9.17) is 0 Å². The molecule has 1 aliphatic heterocycles. The second kappa shape index (κ2) is 8.83. The summed E-state index contributed by atoms with van der Waals surface area (Å²) in [6.07, 6.45) is 1.78. The van der Waals surface area contributed by atoms with E-state index in [0.29, 0.717) is 25.3 Å². The van der Waals surface area contributed by atoms with E-state index in [1.165, 1.54) is 10.4 Å². The number of benzene rings is 1. The highest BCUT2D eigenvalue weighted by Gasteiger charge is 2.27. The van der Waals surface area contributed by atoms with E-state index in [-0.39, 0.29) is 17.3 Å². The van der Waals surface area contributed by atoms with E-state index < -0.39 is 10.0 Å². The van der Waals surface area contributed by atoms with Crippen LogP contribution >= 0.6 is 27.3 Å². The number of nitrogens with zero attached hydrogens (tertiary/aromatic N) is 2. The van der Waals surface area contributed by atoms with E-state index >= 15 is 0 Å². The first-order chi connectivity index (χ1) is 12.8. The first-order valence-corrected chi connectivity index (χ1v) is 11.8. The summed E-state index contributed by atoms with van der Waals surface area (Å²) in [5.41, 5.74) is 1.63. The fourth-order valence-corrected chi connectivity index (χ4v) is 5.82. The maximum atomic E-state index is 12.7. The molecule has 0 unspecified atom stereocenters. The Labute approximate surface area is 172 Å². The summed E-state index contributed by atoms with van der Waals surface area (Å²) < 4.78 is 27.9. The van der Waals surface area contributed by atoms with Gasteiger partial charge in [0.25, 0.3) is 0 Å². The van der Waals surface area contributed by atoms with Crippen LogP contribution in [0.1, 0.15) is 18.4 Å². The topological polar surface area (TPSA) is 69.7 Å². The average molecular weight is 472 g/mol. The largest absolute Gasteiger partial charge is 0.325 e. The number of carbonyl (C=O) groups is 1. The molecular weight excluding hydrogens is 450 g/mol. The Kier molecular flexibility index (Phi) is 6.69. The number of likely N-dealkylation sites (N-methyl/N-ethyl adjacent to an activating group) is 1. The zero-order chi connectivity index (χ0) is 19.4. The number of hydrogen-bond donors (Lipinski definition) is 1. The van der Waals surface area contributed by atoms with E-state index in [1.807, 2.05) is 23.4 Å². The standard InChI is InChI=1S/C18H22BrN3O3S2/c1-21(11-14-9-17(19)26-13-14)12-18(23)20-15-5-4-6-16(10-15)27(24,25)22-7-2-3-8-22/h4-6,9-10,13H,2-3,7-8,11-12H2,1H3,(H,20,23). The zero-order valence-corrected chi connectivity index (χ0v) is 18.2. The Morgan fingerprint density at radius 2 is 2.04 bits per heavy atom. The molecule has 9 heteroatoms. The quantitative estimate of drug-likeness (QED) is 0.671. The summed E-state index contributed by atoms with van der Waals surface area (Å²) in [7, 11) is -1.62. The number of carbonyl (C=O) groups excluding carboxylic acids is 1. The van der Waals surface area contributed by atoms with Gasteiger partial charge in [-0.15, -0.1) is 11.3 Å². The van der Waals surface area contributed by atoms with Gasteiger partial charge in [-0.25, -0.2) is 8.42 Å². The molecular formula is C18H22BrN3O3S2. The predicted octanol–water partition coefficient (Wildman–Crippen LogP) is 3.37. The first kappa shape index (κ1) is 20.5. The smallest absolute Gasteiger partial charge is 0.243 e. The van der Waals surface area contributed by atoms with E-state index in [0.717, 1.165) is 22.2 Å². The molecule has 0 spiro atoms. The monoisotopic (exact) mass is 471 g/mol. The molecule has 1 aromatic carbocycles.